The predicted octanol–water partition coefficient (Wildman–Crippen LogP) is 2.29. The molecule has 0 radical (unpaired) electrons. The van der Waals surface area contributed by atoms with Crippen LogP contribution >= 0.6 is 0 Å². The van der Waals surface area contributed by atoms with Crippen molar-refractivity contribution in [2.75, 3.05) is 12.3 Å². The van der Waals surface area contributed by atoms with Crippen LogP contribution in [-0.4, -0.2) is 16.6 Å². The second kappa shape index (κ2) is 5.78. The van der Waals surface area contributed by atoms with Crippen molar-refractivity contribution in [1.29, 1.82) is 5.26 Å². The van der Waals surface area contributed by atoms with Gasteiger partial charge < -0.3 is 10.5 Å². The molecule has 0 aliphatic heterocycles. The summed E-state index contributed by atoms with van der Waals surface area (Å²) in [5, 5.41) is 8.97. The summed E-state index contributed by atoms with van der Waals surface area (Å²) in [7, 11) is 0. The highest BCUT2D eigenvalue weighted by Crippen LogP contribution is 2.31. The summed E-state index contributed by atoms with van der Waals surface area (Å²) in [6, 6.07) is 2.02. The maximum Gasteiger partial charge on any atom is 0.162 e. The van der Waals surface area contributed by atoms with Crippen LogP contribution in [-0.2, 0) is 10.3 Å². The zero-order valence-electron chi connectivity index (χ0n) is 11.4. The van der Waals surface area contributed by atoms with Crippen LogP contribution < -0.4 is 5.73 Å². The molecule has 5 nitrogen and oxygen atoms in total. The number of hydrogen-bond donors (Lipinski definition) is 1. The fourth-order valence-electron chi connectivity index (χ4n) is 2.05. The fraction of sp³-hybridized carbons (Fsp3) is 0.615. The van der Waals surface area contributed by atoms with E-state index in [-0.39, 0.29) is 5.82 Å². The van der Waals surface area contributed by atoms with Gasteiger partial charge in [0.2, 0.25) is 0 Å². The molecule has 0 aromatic carbocycles. The Morgan fingerprint density at radius 2 is 1.89 bits per heavy atom. The van der Waals surface area contributed by atoms with Crippen LogP contribution in [0.5, 0.6) is 0 Å². The molecule has 0 amide bonds. The third kappa shape index (κ3) is 2.44. The summed E-state index contributed by atoms with van der Waals surface area (Å²) >= 11 is 0. The smallest absolute Gasteiger partial charge is 0.162 e. The van der Waals surface area contributed by atoms with E-state index in [4.69, 9.17) is 15.7 Å². The Kier molecular flexibility index (Phi) is 4.62. The molecule has 0 saturated heterocycles. The topological polar surface area (TPSA) is 84.8 Å². The zero-order valence-corrected chi connectivity index (χ0v) is 11.4. The first-order chi connectivity index (χ1) is 8.54. The maximum atomic E-state index is 8.97. The Labute approximate surface area is 108 Å². The molecule has 0 saturated carbocycles. The lowest BCUT2D eigenvalue weighted by Crippen LogP contribution is -2.31. The average Bonchev–Trinajstić information content (AvgIpc) is 2.35. The van der Waals surface area contributed by atoms with E-state index in [1.54, 1.807) is 6.92 Å². The van der Waals surface area contributed by atoms with Crippen LogP contribution in [0.1, 0.15) is 50.7 Å². The molecule has 1 heterocycles. The highest BCUT2D eigenvalue weighted by molar-refractivity contribution is 5.50. The molecule has 0 unspecified atom stereocenters. The number of aromatic nitrogens is 2. The van der Waals surface area contributed by atoms with E-state index in [1.165, 1.54) is 0 Å². The molecule has 0 atom stereocenters. The lowest BCUT2D eigenvalue weighted by atomic mass is 9.95. The molecule has 1 aromatic rings. The number of anilines is 1. The summed E-state index contributed by atoms with van der Waals surface area (Å²) < 4.78 is 5.83. The standard InChI is InChI=1S/C13H20N4O/c1-5-13(6-2,18-7-3)12-16-9(4)10(8-14)11(15)17-12/h5-7H2,1-4H3,(H2,15,16,17). The molecule has 0 fully saturated rings. The van der Waals surface area contributed by atoms with E-state index in [1.807, 2.05) is 26.8 Å². The number of rotatable bonds is 5. The normalized spacial score (nSPS) is 11.3. The summed E-state index contributed by atoms with van der Waals surface area (Å²) in [5.74, 6) is 0.800. The number of hydrogen-bond acceptors (Lipinski definition) is 5. The third-order valence-electron chi connectivity index (χ3n) is 3.20. The van der Waals surface area contributed by atoms with Gasteiger partial charge in [-0.25, -0.2) is 9.97 Å². The fourth-order valence-corrected chi connectivity index (χ4v) is 2.05. The number of aryl methyl sites for hydroxylation is 1. The zero-order chi connectivity index (χ0) is 13.8. The molecule has 98 valence electrons. The molecule has 0 bridgehead atoms. The predicted molar refractivity (Wildman–Crippen MR) is 69.8 cm³/mol. The van der Waals surface area contributed by atoms with E-state index in [0.29, 0.717) is 23.7 Å². The van der Waals surface area contributed by atoms with Gasteiger partial charge in [0.25, 0.3) is 0 Å². The Morgan fingerprint density at radius 1 is 1.28 bits per heavy atom. The molecular formula is C13H20N4O. The molecule has 18 heavy (non-hydrogen) atoms. The molecule has 0 spiro atoms. The number of nitrogens with zero attached hydrogens (tertiary/aromatic N) is 3. The van der Waals surface area contributed by atoms with Gasteiger partial charge in [0.05, 0.1) is 5.69 Å². The monoisotopic (exact) mass is 248 g/mol. The number of nitriles is 1. The van der Waals surface area contributed by atoms with E-state index in [0.717, 1.165) is 12.8 Å². The van der Waals surface area contributed by atoms with Crippen molar-refractivity contribution in [2.45, 2.75) is 46.1 Å². The van der Waals surface area contributed by atoms with Gasteiger partial charge in [0, 0.05) is 6.61 Å². The van der Waals surface area contributed by atoms with Gasteiger partial charge in [-0.05, 0) is 26.7 Å². The Morgan fingerprint density at radius 3 is 2.28 bits per heavy atom. The van der Waals surface area contributed by atoms with Gasteiger partial charge in [0.1, 0.15) is 23.1 Å². The summed E-state index contributed by atoms with van der Waals surface area (Å²) in [6.45, 7) is 8.37. The van der Waals surface area contributed by atoms with Crippen LogP contribution in [0.3, 0.4) is 0 Å². The van der Waals surface area contributed by atoms with Crippen LogP contribution in [0.4, 0.5) is 5.82 Å². The van der Waals surface area contributed by atoms with Gasteiger partial charge in [-0.15, -0.1) is 0 Å². The first-order valence-corrected chi connectivity index (χ1v) is 6.23. The molecule has 1 rings (SSSR count). The molecule has 0 aliphatic carbocycles. The molecule has 0 aliphatic rings. The second-order valence-electron chi connectivity index (χ2n) is 4.14. The molecule has 5 heteroatoms. The lowest BCUT2D eigenvalue weighted by molar-refractivity contribution is -0.0571. The highest BCUT2D eigenvalue weighted by atomic mass is 16.5. The van der Waals surface area contributed by atoms with Gasteiger partial charge >= 0.3 is 0 Å². The van der Waals surface area contributed by atoms with E-state index < -0.39 is 5.60 Å². The van der Waals surface area contributed by atoms with E-state index in [2.05, 4.69) is 9.97 Å². The first kappa shape index (κ1) is 14.4. The van der Waals surface area contributed by atoms with E-state index >= 15 is 0 Å². The van der Waals surface area contributed by atoms with Gasteiger partial charge in [-0.3, -0.25) is 0 Å². The number of nitrogen functional groups attached to an aromatic ring is 1. The van der Waals surface area contributed by atoms with Gasteiger partial charge in [0.15, 0.2) is 5.82 Å². The molecule has 2 N–H and O–H groups in total. The average molecular weight is 248 g/mol. The minimum Gasteiger partial charge on any atom is -0.382 e. The summed E-state index contributed by atoms with van der Waals surface area (Å²) in [4.78, 5) is 8.66. The largest absolute Gasteiger partial charge is 0.382 e. The van der Waals surface area contributed by atoms with Crippen LogP contribution in [0.15, 0.2) is 0 Å². The van der Waals surface area contributed by atoms with Crippen molar-refractivity contribution in [3.63, 3.8) is 0 Å². The van der Waals surface area contributed by atoms with Crippen LogP contribution in [0, 0.1) is 18.3 Å². The third-order valence-corrected chi connectivity index (χ3v) is 3.20. The van der Waals surface area contributed by atoms with Crippen molar-refractivity contribution in [1.82, 2.24) is 9.97 Å². The Balaban J connectivity index is 3.35. The second-order valence-corrected chi connectivity index (χ2v) is 4.14. The van der Waals surface area contributed by atoms with Gasteiger partial charge in [-0.1, -0.05) is 13.8 Å². The summed E-state index contributed by atoms with van der Waals surface area (Å²) in [5.41, 5.74) is 6.24. The lowest BCUT2D eigenvalue weighted by Gasteiger charge is -2.30. The Hall–Kier alpha value is -1.67. The van der Waals surface area contributed by atoms with E-state index in [9.17, 15) is 0 Å². The minimum atomic E-state index is -0.512. The van der Waals surface area contributed by atoms with Crippen LogP contribution in [0.2, 0.25) is 0 Å². The number of nitrogens with two attached hydrogens (primary N) is 1. The molecular weight excluding hydrogens is 228 g/mol. The van der Waals surface area contributed by atoms with Crippen molar-refractivity contribution >= 4 is 5.82 Å². The number of ether oxygens (including phenoxy) is 1. The van der Waals surface area contributed by atoms with Gasteiger partial charge in [-0.2, -0.15) is 5.26 Å². The highest BCUT2D eigenvalue weighted by Gasteiger charge is 2.33. The molecule has 1 aromatic heterocycles. The maximum absolute atomic E-state index is 8.97. The van der Waals surface area contributed by atoms with Crippen molar-refractivity contribution < 1.29 is 4.74 Å². The SMILES string of the molecule is CCOC(CC)(CC)c1nc(C)c(C#N)c(N)n1. The minimum absolute atomic E-state index is 0.228. The first-order valence-electron chi connectivity index (χ1n) is 6.23. The summed E-state index contributed by atoms with van der Waals surface area (Å²) in [6.07, 6.45) is 1.53. The van der Waals surface area contributed by atoms with Crippen molar-refractivity contribution in [3.05, 3.63) is 17.1 Å². The van der Waals surface area contributed by atoms with Crippen molar-refractivity contribution in [2.24, 2.45) is 0 Å². The van der Waals surface area contributed by atoms with Crippen molar-refractivity contribution in [3.8, 4) is 6.07 Å². The quantitative estimate of drug-likeness (QED) is 0.864. The Bertz CT molecular complexity index is 438. The van der Waals surface area contributed by atoms with Crippen LogP contribution in [0.25, 0.3) is 0 Å².